The number of halogens is 2. The van der Waals surface area contributed by atoms with Crippen molar-refractivity contribution in [3.63, 3.8) is 0 Å². The molecule has 2 bridgehead atoms. The second kappa shape index (κ2) is 9.84. The third kappa shape index (κ3) is 5.13. The van der Waals surface area contributed by atoms with Gasteiger partial charge in [-0.15, -0.1) is 0 Å². The number of hydrogen-bond donors (Lipinski definition) is 1. The van der Waals surface area contributed by atoms with Gasteiger partial charge in [0.1, 0.15) is 23.8 Å². The number of benzene rings is 1. The minimum absolute atomic E-state index is 0.0994. The van der Waals surface area contributed by atoms with Gasteiger partial charge in [0, 0.05) is 24.9 Å². The van der Waals surface area contributed by atoms with Gasteiger partial charge >= 0.3 is 6.09 Å². The number of piperidine rings is 1. The lowest BCUT2D eigenvalue weighted by molar-refractivity contribution is -0.112. The van der Waals surface area contributed by atoms with Gasteiger partial charge in [0.25, 0.3) is 5.88 Å². The van der Waals surface area contributed by atoms with Crippen LogP contribution in [0.2, 0.25) is 0 Å². The van der Waals surface area contributed by atoms with Gasteiger partial charge in [-0.2, -0.15) is 9.37 Å². The molecule has 210 valence electrons. The van der Waals surface area contributed by atoms with Gasteiger partial charge in [-0.1, -0.05) is 6.42 Å². The first-order chi connectivity index (χ1) is 18.6. The number of carbonyl (C=O) groups is 1. The van der Waals surface area contributed by atoms with Crippen LogP contribution >= 0.6 is 0 Å². The molecule has 2 saturated carbocycles. The van der Waals surface area contributed by atoms with Gasteiger partial charge in [-0.25, -0.2) is 22.6 Å². The van der Waals surface area contributed by atoms with Crippen molar-refractivity contribution in [2.45, 2.75) is 60.9 Å². The molecule has 2 unspecified atom stereocenters. The molecule has 10 nitrogen and oxygen atoms in total. The van der Waals surface area contributed by atoms with Crippen LogP contribution in [0, 0.1) is 23.5 Å². The summed E-state index contributed by atoms with van der Waals surface area (Å²) in [7, 11) is -3.60. The van der Waals surface area contributed by atoms with Crippen LogP contribution in [0.15, 0.2) is 29.4 Å². The number of anilines is 2. The van der Waals surface area contributed by atoms with Crippen molar-refractivity contribution in [1.29, 1.82) is 0 Å². The number of likely N-dealkylation sites (tertiary alicyclic amines) is 1. The average Bonchev–Trinajstić information content (AvgIpc) is 3.57. The predicted octanol–water partition coefficient (Wildman–Crippen LogP) is 3.84. The summed E-state index contributed by atoms with van der Waals surface area (Å²) in [5, 5.41) is 2.10. The number of hydrogen-bond acceptors (Lipinski definition) is 9. The standard InChI is InChI=1S/C26H30F2N4O6S/c1-26(7-8-26)38-25(33)32-10-15-12-36-13-16(11-32)22(15)37-24-21(28)23(29-14-30-24)31-20-6-5-18(9-19(20)27)39(34,35)17-3-2-4-17/h5-6,9,14-17,22H,2-4,7-8,10-13H2,1H3,(H,29,30,31). The monoisotopic (exact) mass is 564 g/mol. The van der Waals surface area contributed by atoms with Crippen molar-refractivity contribution in [3.8, 4) is 5.88 Å². The first kappa shape index (κ1) is 26.2. The van der Waals surface area contributed by atoms with Gasteiger partial charge in [-0.05, 0) is 50.8 Å². The predicted molar refractivity (Wildman–Crippen MR) is 134 cm³/mol. The van der Waals surface area contributed by atoms with Crippen LogP contribution in [0.1, 0.15) is 39.0 Å². The van der Waals surface area contributed by atoms with Crippen molar-refractivity contribution in [2.75, 3.05) is 31.6 Å². The van der Waals surface area contributed by atoms with Crippen LogP contribution in [0.25, 0.3) is 0 Å². The van der Waals surface area contributed by atoms with Gasteiger partial charge in [-0.3, -0.25) is 0 Å². The SMILES string of the molecule is CC1(OC(=O)N2CC3COCC(C2)C3Oc2ncnc(Nc3ccc(S(=O)(=O)C4CCC4)cc3F)c2F)CC1. The lowest BCUT2D eigenvalue weighted by atomic mass is 9.84. The second-order valence-electron chi connectivity index (χ2n) is 11.1. The van der Waals surface area contributed by atoms with E-state index in [1.54, 1.807) is 4.90 Å². The van der Waals surface area contributed by atoms with Crippen LogP contribution < -0.4 is 10.1 Å². The van der Waals surface area contributed by atoms with E-state index < -0.39 is 32.8 Å². The molecule has 2 saturated heterocycles. The Morgan fingerprint density at radius 2 is 1.87 bits per heavy atom. The lowest BCUT2D eigenvalue weighted by Gasteiger charge is -2.46. The molecular formula is C26H30F2N4O6S. The van der Waals surface area contributed by atoms with E-state index in [9.17, 15) is 17.6 Å². The third-order valence-electron chi connectivity index (χ3n) is 8.07. The first-order valence-electron chi connectivity index (χ1n) is 13.2. The Morgan fingerprint density at radius 3 is 2.49 bits per heavy atom. The van der Waals surface area contributed by atoms with Crippen LogP contribution in [-0.2, 0) is 19.3 Å². The average molecular weight is 565 g/mol. The topological polar surface area (TPSA) is 120 Å². The summed E-state index contributed by atoms with van der Waals surface area (Å²) in [4.78, 5) is 22.0. The molecule has 2 aliphatic heterocycles. The fourth-order valence-electron chi connectivity index (χ4n) is 5.22. The second-order valence-corrected chi connectivity index (χ2v) is 13.3. The van der Waals surface area contributed by atoms with Crippen LogP contribution in [-0.4, -0.2) is 72.6 Å². The highest BCUT2D eigenvalue weighted by molar-refractivity contribution is 7.92. The summed E-state index contributed by atoms with van der Waals surface area (Å²) in [6, 6.07) is 3.50. The van der Waals surface area contributed by atoms with E-state index in [1.165, 1.54) is 12.1 Å². The Balaban J connectivity index is 1.15. The van der Waals surface area contributed by atoms with E-state index >= 15 is 4.39 Å². The number of sulfone groups is 1. The van der Waals surface area contributed by atoms with Crippen LogP contribution in [0.5, 0.6) is 5.88 Å². The zero-order valence-corrected chi connectivity index (χ0v) is 22.3. The molecule has 1 aromatic heterocycles. The maximum atomic E-state index is 15.4. The number of carbonyl (C=O) groups excluding carboxylic acids is 1. The van der Waals surface area contributed by atoms with Crippen LogP contribution in [0.4, 0.5) is 25.1 Å². The summed E-state index contributed by atoms with van der Waals surface area (Å²) in [5.74, 6) is -2.81. The van der Waals surface area contributed by atoms with Crippen molar-refractivity contribution < 1.29 is 36.2 Å². The van der Waals surface area contributed by atoms with E-state index in [0.29, 0.717) is 39.1 Å². The third-order valence-corrected chi connectivity index (χ3v) is 10.3. The zero-order chi connectivity index (χ0) is 27.4. The van der Waals surface area contributed by atoms with Crippen molar-refractivity contribution in [2.24, 2.45) is 11.8 Å². The molecule has 2 aliphatic carbocycles. The normalized spacial score (nSPS) is 25.9. The van der Waals surface area contributed by atoms with Crippen LogP contribution in [0.3, 0.4) is 0 Å². The number of nitrogens with zero attached hydrogens (tertiary/aromatic N) is 3. The molecule has 6 rings (SSSR count). The summed E-state index contributed by atoms with van der Waals surface area (Å²) in [6.45, 7) is 3.26. The molecule has 2 aromatic rings. The Labute approximate surface area is 225 Å². The lowest BCUT2D eigenvalue weighted by Crippen LogP contribution is -2.59. The van der Waals surface area contributed by atoms with Crippen molar-refractivity contribution in [3.05, 3.63) is 36.2 Å². The Morgan fingerprint density at radius 1 is 1.15 bits per heavy atom. The summed E-state index contributed by atoms with van der Waals surface area (Å²) in [6.07, 6.45) is 3.95. The van der Waals surface area contributed by atoms with Crippen molar-refractivity contribution in [1.82, 2.24) is 14.9 Å². The van der Waals surface area contributed by atoms with Gasteiger partial charge in [0.05, 0.1) is 29.0 Å². The minimum Gasteiger partial charge on any atom is -0.471 e. The number of nitrogens with one attached hydrogen (secondary N) is 1. The quantitative estimate of drug-likeness (QED) is 0.535. The van der Waals surface area contributed by atoms with Gasteiger partial charge in [0.15, 0.2) is 15.7 Å². The fraction of sp³-hybridized carbons (Fsp3) is 0.577. The molecule has 4 aliphatic rings. The Bertz CT molecular complexity index is 1370. The Kier molecular flexibility index (Phi) is 6.61. The number of amides is 1. The van der Waals surface area contributed by atoms with Gasteiger partial charge in [0.2, 0.25) is 5.82 Å². The number of ether oxygens (including phenoxy) is 3. The highest BCUT2D eigenvalue weighted by Crippen LogP contribution is 2.40. The molecule has 1 aromatic carbocycles. The van der Waals surface area contributed by atoms with Crippen molar-refractivity contribution >= 4 is 27.4 Å². The molecule has 3 heterocycles. The van der Waals surface area contributed by atoms with E-state index in [4.69, 9.17) is 14.2 Å². The van der Waals surface area contributed by atoms with Gasteiger partial charge < -0.3 is 24.4 Å². The van der Waals surface area contributed by atoms with E-state index in [1.807, 2.05) is 6.92 Å². The van der Waals surface area contributed by atoms with E-state index in [0.717, 1.165) is 31.7 Å². The molecule has 2 atom stereocenters. The molecule has 13 heteroatoms. The Hall–Kier alpha value is -3.06. The molecule has 1 amide bonds. The largest absolute Gasteiger partial charge is 0.471 e. The first-order valence-corrected chi connectivity index (χ1v) is 14.7. The molecule has 39 heavy (non-hydrogen) atoms. The summed E-state index contributed by atoms with van der Waals surface area (Å²) < 4.78 is 72.7. The highest BCUT2D eigenvalue weighted by Gasteiger charge is 2.47. The smallest absolute Gasteiger partial charge is 0.410 e. The minimum atomic E-state index is -3.60. The fourth-order valence-corrected chi connectivity index (χ4v) is 7.09. The molecule has 4 fully saturated rings. The number of aromatic nitrogens is 2. The van der Waals surface area contributed by atoms with E-state index in [-0.39, 0.29) is 45.8 Å². The number of rotatable bonds is 7. The molecular weight excluding hydrogens is 534 g/mol. The molecule has 0 spiro atoms. The molecule has 0 radical (unpaired) electrons. The van der Waals surface area contributed by atoms with E-state index in [2.05, 4.69) is 15.3 Å². The summed E-state index contributed by atoms with van der Waals surface area (Å²) >= 11 is 0. The summed E-state index contributed by atoms with van der Waals surface area (Å²) in [5.41, 5.74) is -0.513. The maximum Gasteiger partial charge on any atom is 0.410 e. The zero-order valence-electron chi connectivity index (χ0n) is 21.4. The maximum absolute atomic E-state index is 15.4. The molecule has 1 N–H and O–H groups in total. The number of fused-ring (bicyclic) bond motifs is 2. The highest BCUT2D eigenvalue weighted by atomic mass is 32.2.